The summed E-state index contributed by atoms with van der Waals surface area (Å²) < 4.78 is 0. The zero-order chi connectivity index (χ0) is 8.10. The van der Waals surface area contributed by atoms with Gasteiger partial charge in [-0.1, -0.05) is 0 Å². The van der Waals surface area contributed by atoms with Crippen molar-refractivity contribution in [2.45, 2.75) is 5.32 Å². The predicted molar refractivity (Wildman–Crippen MR) is 38.0 cm³/mol. The van der Waals surface area contributed by atoms with Gasteiger partial charge in [0.05, 0.1) is 0 Å². The number of rotatable bonds is 2. The molecule has 0 aromatic carbocycles. The summed E-state index contributed by atoms with van der Waals surface area (Å²) >= 11 is -1.45. The second-order valence-corrected chi connectivity index (χ2v) is 4.02. The molecule has 0 fully saturated rings. The van der Waals surface area contributed by atoms with Crippen LogP contribution in [0.2, 0.25) is 5.32 Å². The van der Waals surface area contributed by atoms with Crippen LogP contribution in [0.4, 0.5) is 0 Å². The van der Waals surface area contributed by atoms with Crippen LogP contribution in [0.3, 0.4) is 0 Å². The van der Waals surface area contributed by atoms with Gasteiger partial charge in [-0.15, -0.1) is 0 Å². The second-order valence-electron chi connectivity index (χ2n) is 2.06. The van der Waals surface area contributed by atoms with Crippen molar-refractivity contribution >= 4 is 9.57 Å². The molecule has 0 aromatic rings. The van der Waals surface area contributed by atoms with E-state index in [1.807, 2.05) is 24.3 Å². The van der Waals surface area contributed by atoms with Crippen LogP contribution in [0.1, 0.15) is 0 Å². The molecule has 11 heavy (non-hydrogen) atoms. The van der Waals surface area contributed by atoms with Crippen LogP contribution in [-0.4, -0.2) is 9.57 Å². The summed E-state index contributed by atoms with van der Waals surface area (Å²) in [5.74, 6) is 0.248. The van der Waals surface area contributed by atoms with E-state index in [-0.39, 0.29) is 5.92 Å². The predicted octanol–water partition coefficient (Wildman–Crippen LogP) is 0.899. The van der Waals surface area contributed by atoms with Crippen molar-refractivity contribution < 1.29 is 22.6 Å². The van der Waals surface area contributed by atoms with Crippen LogP contribution in [0.15, 0.2) is 24.3 Å². The quantitative estimate of drug-likeness (QED) is 0.607. The minimum absolute atomic E-state index is 0.248. The van der Waals surface area contributed by atoms with E-state index >= 15 is 0 Å². The number of allylic oxidation sites excluding steroid dienone is 4. The SMILES string of the molecule is O=[C]=[Fe](=[C]=O)[CH2]C1C=CC=C1. The zero-order valence-corrected chi connectivity index (χ0v) is 6.87. The van der Waals surface area contributed by atoms with E-state index in [9.17, 15) is 9.59 Å². The molecule has 0 atom stereocenters. The van der Waals surface area contributed by atoms with E-state index in [1.165, 1.54) is 0 Å². The van der Waals surface area contributed by atoms with Crippen LogP contribution in [0.5, 0.6) is 0 Å². The van der Waals surface area contributed by atoms with Gasteiger partial charge < -0.3 is 0 Å². The molecule has 0 amide bonds. The molecule has 1 aliphatic rings. The Bertz CT molecular complexity index is 294. The zero-order valence-electron chi connectivity index (χ0n) is 5.76. The number of carbonyl (C=O) groups excluding carboxylic acids is 2. The third-order valence-electron chi connectivity index (χ3n) is 1.31. The fraction of sp³-hybridized carbons (Fsp3) is 0.250. The van der Waals surface area contributed by atoms with E-state index in [1.54, 1.807) is 9.57 Å². The molecule has 0 spiro atoms. The molecule has 0 N–H and O–H groups in total. The molecule has 0 heterocycles. The summed E-state index contributed by atoms with van der Waals surface area (Å²) in [5.41, 5.74) is 0. The molecule has 1 aliphatic carbocycles. The van der Waals surface area contributed by atoms with Crippen molar-refractivity contribution in [3.8, 4) is 0 Å². The Morgan fingerprint density at radius 1 is 1.18 bits per heavy atom. The fourth-order valence-electron chi connectivity index (χ4n) is 0.814. The molecule has 0 bridgehead atoms. The fourth-order valence-corrected chi connectivity index (χ4v) is 1.87. The topological polar surface area (TPSA) is 34.1 Å². The molecule has 1 rings (SSSR count). The summed E-state index contributed by atoms with van der Waals surface area (Å²) in [7, 11) is 0. The Kier molecular flexibility index (Phi) is 3.10. The minimum atomic E-state index is -1.45. The normalized spacial score (nSPS) is 15.4. The van der Waals surface area contributed by atoms with E-state index in [0.717, 1.165) is 0 Å². The Labute approximate surface area is 68.2 Å². The summed E-state index contributed by atoms with van der Waals surface area (Å²) in [6.45, 7) is 0. The van der Waals surface area contributed by atoms with Crippen LogP contribution in [0.25, 0.3) is 0 Å². The molecular formula is C8H7FeO2. The molecule has 0 radical (unpaired) electrons. The van der Waals surface area contributed by atoms with Crippen molar-refractivity contribution in [1.82, 2.24) is 0 Å². The van der Waals surface area contributed by atoms with E-state index < -0.39 is 13.0 Å². The van der Waals surface area contributed by atoms with Gasteiger partial charge in [-0.05, 0) is 0 Å². The van der Waals surface area contributed by atoms with Gasteiger partial charge in [0.1, 0.15) is 0 Å². The van der Waals surface area contributed by atoms with Crippen LogP contribution in [-0.2, 0) is 22.6 Å². The summed E-state index contributed by atoms with van der Waals surface area (Å²) in [4.78, 5) is 23.7. The van der Waals surface area contributed by atoms with Gasteiger partial charge in [-0.2, -0.15) is 0 Å². The first-order chi connectivity index (χ1) is 5.36. The second kappa shape index (κ2) is 4.12. The first-order valence-corrected chi connectivity index (χ1v) is 4.97. The Hall–Kier alpha value is -0.841. The summed E-state index contributed by atoms with van der Waals surface area (Å²) in [6, 6.07) is 0. The van der Waals surface area contributed by atoms with Crippen molar-refractivity contribution in [3.63, 3.8) is 0 Å². The standard InChI is InChI=1S/C6H7.2CO.Fe/c1-6-4-2-3-5-6;2*1-2;/h2-6H,1H2;;;. The van der Waals surface area contributed by atoms with Gasteiger partial charge >= 0.3 is 67.7 Å². The maximum absolute atomic E-state index is 10.1. The van der Waals surface area contributed by atoms with Crippen LogP contribution in [0, 0.1) is 5.92 Å². The Morgan fingerprint density at radius 2 is 1.73 bits per heavy atom. The van der Waals surface area contributed by atoms with E-state index in [0.29, 0.717) is 5.32 Å². The van der Waals surface area contributed by atoms with Gasteiger partial charge in [-0.3, -0.25) is 0 Å². The van der Waals surface area contributed by atoms with E-state index in [4.69, 9.17) is 0 Å². The Morgan fingerprint density at radius 3 is 2.18 bits per heavy atom. The molecule has 0 unspecified atom stereocenters. The van der Waals surface area contributed by atoms with Crippen molar-refractivity contribution in [2.75, 3.05) is 0 Å². The summed E-state index contributed by atoms with van der Waals surface area (Å²) in [6.07, 6.45) is 7.76. The first-order valence-electron chi connectivity index (χ1n) is 3.09. The third kappa shape index (κ3) is 2.34. The van der Waals surface area contributed by atoms with Gasteiger partial charge in [-0.25, -0.2) is 0 Å². The maximum atomic E-state index is 10.1. The van der Waals surface area contributed by atoms with Crippen molar-refractivity contribution in [2.24, 2.45) is 5.92 Å². The Balaban J connectivity index is 2.70. The monoisotopic (exact) mass is 191 g/mol. The molecular weight excluding hydrogens is 184 g/mol. The van der Waals surface area contributed by atoms with Crippen molar-refractivity contribution in [3.05, 3.63) is 24.3 Å². The van der Waals surface area contributed by atoms with Gasteiger partial charge in [0, 0.05) is 0 Å². The number of hydrogen-bond acceptors (Lipinski definition) is 2. The van der Waals surface area contributed by atoms with Gasteiger partial charge in [0.25, 0.3) is 0 Å². The molecule has 3 heteroatoms. The summed E-state index contributed by atoms with van der Waals surface area (Å²) in [5, 5.41) is 0.583. The number of hydrogen-bond donors (Lipinski definition) is 0. The van der Waals surface area contributed by atoms with E-state index in [2.05, 4.69) is 0 Å². The average molecular weight is 191 g/mol. The van der Waals surface area contributed by atoms with Crippen LogP contribution < -0.4 is 0 Å². The molecule has 0 saturated carbocycles. The average Bonchev–Trinajstić information content (AvgIpc) is 2.52. The van der Waals surface area contributed by atoms with Crippen molar-refractivity contribution in [1.29, 1.82) is 0 Å². The van der Waals surface area contributed by atoms with Gasteiger partial charge in [0.15, 0.2) is 0 Å². The van der Waals surface area contributed by atoms with Crippen LogP contribution >= 0.6 is 0 Å². The van der Waals surface area contributed by atoms with Gasteiger partial charge in [0.2, 0.25) is 0 Å². The molecule has 0 aliphatic heterocycles. The molecule has 0 saturated heterocycles. The molecule has 2 nitrogen and oxygen atoms in total. The first kappa shape index (κ1) is 8.26. The molecule has 59 valence electrons. The molecule has 0 aromatic heterocycles. The third-order valence-corrected chi connectivity index (χ3v) is 2.83.